The molecule has 0 radical (unpaired) electrons. The molecule has 0 aliphatic rings. The maximum atomic E-state index is 10.8. The zero-order valence-electron chi connectivity index (χ0n) is 12.0. The second kappa shape index (κ2) is 8.42. The largest absolute Gasteiger partial charge is 0.489 e. The van der Waals surface area contributed by atoms with Gasteiger partial charge in [-0.3, -0.25) is 9.59 Å². The van der Waals surface area contributed by atoms with E-state index in [1.165, 1.54) is 0 Å². The van der Waals surface area contributed by atoms with Gasteiger partial charge in [0.2, 0.25) is 0 Å². The van der Waals surface area contributed by atoms with Crippen LogP contribution in [0.1, 0.15) is 20.7 Å². The van der Waals surface area contributed by atoms with Crippen LogP contribution in [0.3, 0.4) is 0 Å². The Hall–Kier alpha value is -2.88. The van der Waals surface area contributed by atoms with Crippen molar-refractivity contribution in [3.8, 4) is 11.5 Å². The van der Waals surface area contributed by atoms with Gasteiger partial charge in [0.15, 0.2) is 12.6 Å². The highest BCUT2D eigenvalue weighted by molar-refractivity contribution is 5.79. The molecule has 22 heavy (non-hydrogen) atoms. The van der Waals surface area contributed by atoms with Crippen LogP contribution in [0.4, 0.5) is 0 Å². The third-order valence-corrected chi connectivity index (χ3v) is 2.93. The van der Waals surface area contributed by atoms with Gasteiger partial charge in [0.1, 0.15) is 24.7 Å². The lowest BCUT2D eigenvalue weighted by Gasteiger charge is -2.06. The zero-order valence-corrected chi connectivity index (χ0v) is 12.0. The lowest BCUT2D eigenvalue weighted by molar-refractivity contribution is 0.111. The van der Waals surface area contributed by atoms with E-state index in [1.54, 1.807) is 48.6 Å². The maximum Gasteiger partial charge on any atom is 0.153 e. The molecule has 0 saturated heterocycles. The topological polar surface area (TPSA) is 52.6 Å². The van der Waals surface area contributed by atoms with Gasteiger partial charge in [0.05, 0.1) is 11.1 Å². The van der Waals surface area contributed by atoms with Gasteiger partial charge in [0, 0.05) is 0 Å². The van der Waals surface area contributed by atoms with E-state index in [0.29, 0.717) is 35.8 Å². The summed E-state index contributed by atoms with van der Waals surface area (Å²) in [6, 6.07) is 14.1. The molecule has 0 atom stereocenters. The van der Waals surface area contributed by atoms with E-state index in [4.69, 9.17) is 9.47 Å². The number of benzene rings is 2. The maximum absolute atomic E-state index is 10.8. The number of ether oxygens (including phenoxy) is 2. The normalized spacial score (nSPS) is 10.4. The third kappa shape index (κ3) is 4.31. The Kier molecular flexibility index (Phi) is 5.93. The highest BCUT2D eigenvalue weighted by Crippen LogP contribution is 2.16. The first-order chi connectivity index (χ1) is 10.8. The van der Waals surface area contributed by atoms with E-state index >= 15 is 0 Å². The minimum Gasteiger partial charge on any atom is -0.489 e. The van der Waals surface area contributed by atoms with Crippen LogP contribution in [-0.2, 0) is 0 Å². The van der Waals surface area contributed by atoms with E-state index in [-0.39, 0.29) is 0 Å². The molecule has 112 valence electrons. The number of carbonyl (C=O) groups is 2. The van der Waals surface area contributed by atoms with Gasteiger partial charge in [-0.2, -0.15) is 0 Å². The number of hydrogen-bond donors (Lipinski definition) is 0. The summed E-state index contributed by atoms with van der Waals surface area (Å²) < 4.78 is 11.0. The Morgan fingerprint density at radius 2 is 1.09 bits per heavy atom. The Bertz CT molecular complexity index is 604. The summed E-state index contributed by atoms with van der Waals surface area (Å²) in [5.41, 5.74) is 1.04. The molecule has 0 fully saturated rings. The standard InChI is InChI=1S/C18H16O4/c19-13-15-7-1-3-9-17(15)21-11-5-6-12-22-18-10-4-2-8-16(18)14-20/h1-10,13-14H,11-12H2. The smallest absolute Gasteiger partial charge is 0.153 e. The van der Waals surface area contributed by atoms with Crippen LogP contribution in [0.2, 0.25) is 0 Å². The second-order valence-corrected chi connectivity index (χ2v) is 4.40. The number of carbonyl (C=O) groups excluding carboxylic acids is 2. The van der Waals surface area contributed by atoms with Crippen LogP contribution in [0.5, 0.6) is 11.5 Å². The fourth-order valence-electron chi connectivity index (χ4n) is 1.83. The fraction of sp³-hybridized carbons (Fsp3) is 0.111. The number of aldehydes is 2. The molecule has 2 rings (SSSR count). The summed E-state index contributed by atoms with van der Waals surface area (Å²) in [5.74, 6) is 1.10. The Labute approximate surface area is 129 Å². The molecule has 2 aromatic rings. The molecule has 2 aromatic carbocycles. The third-order valence-electron chi connectivity index (χ3n) is 2.93. The molecule has 0 spiro atoms. The van der Waals surface area contributed by atoms with Crippen molar-refractivity contribution in [2.24, 2.45) is 0 Å². The molecule has 0 N–H and O–H groups in total. The highest BCUT2D eigenvalue weighted by atomic mass is 16.5. The second-order valence-electron chi connectivity index (χ2n) is 4.40. The lowest BCUT2D eigenvalue weighted by Crippen LogP contribution is -1.99. The Morgan fingerprint density at radius 3 is 1.50 bits per heavy atom. The molecule has 0 amide bonds. The summed E-state index contributed by atoms with van der Waals surface area (Å²) in [5, 5.41) is 0. The first kappa shape index (κ1) is 15.5. The van der Waals surface area contributed by atoms with Gasteiger partial charge < -0.3 is 9.47 Å². The molecule has 0 bridgehead atoms. The summed E-state index contributed by atoms with van der Waals surface area (Å²) in [6.07, 6.45) is 5.12. The van der Waals surface area contributed by atoms with Gasteiger partial charge in [-0.05, 0) is 36.4 Å². The molecular weight excluding hydrogens is 280 g/mol. The van der Waals surface area contributed by atoms with Crippen molar-refractivity contribution in [1.82, 2.24) is 0 Å². The fourth-order valence-corrected chi connectivity index (χ4v) is 1.83. The van der Waals surface area contributed by atoms with E-state index in [9.17, 15) is 9.59 Å². The minimum atomic E-state index is 0.337. The Balaban J connectivity index is 1.79. The first-order valence-corrected chi connectivity index (χ1v) is 6.84. The summed E-state index contributed by atoms with van der Waals surface area (Å²) in [4.78, 5) is 21.7. The number of rotatable bonds is 8. The van der Waals surface area contributed by atoms with Gasteiger partial charge in [0.25, 0.3) is 0 Å². The summed E-state index contributed by atoms with van der Waals surface area (Å²) >= 11 is 0. The van der Waals surface area contributed by atoms with Crippen LogP contribution >= 0.6 is 0 Å². The average molecular weight is 296 g/mol. The summed E-state index contributed by atoms with van der Waals surface area (Å²) in [7, 11) is 0. The van der Waals surface area contributed by atoms with Crippen LogP contribution in [0.15, 0.2) is 60.7 Å². The average Bonchev–Trinajstić information content (AvgIpc) is 2.58. The van der Waals surface area contributed by atoms with E-state index in [0.717, 1.165) is 12.6 Å². The molecule has 0 aliphatic heterocycles. The van der Waals surface area contributed by atoms with Crippen molar-refractivity contribution in [2.75, 3.05) is 13.2 Å². The molecule has 0 heterocycles. The van der Waals surface area contributed by atoms with Crippen molar-refractivity contribution in [1.29, 1.82) is 0 Å². The number of hydrogen-bond acceptors (Lipinski definition) is 4. The van der Waals surface area contributed by atoms with Crippen LogP contribution < -0.4 is 9.47 Å². The predicted molar refractivity (Wildman–Crippen MR) is 83.8 cm³/mol. The molecule has 0 aromatic heterocycles. The number of para-hydroxylation sites is 2. The molecule has 0 saturated carbocycles. The van der Waals surface area contributed by atoms with Crippen molar-refractivity contribution < 1.29 is 19.1 Å². The van der Waals surface area contributed by atoms with Crippen LogP contribution in [0.25, 0.3) is 0 Å². The Morgan fingerprint density at radius 1 is 0.682 bits per heavy atom. The van der Waals surface area contributed by atoms with E-state index in [1.807, 2.05) is 12.1 Å². The summed E-state index contributed by atoms with van der Waals surface area (Å²) in [6.45, 7) is 0.674. The molecule has 0 aliphatic carbocycles. The van der Waals surface area contributed by atoms with Gasteiger partial charge >= 0.3 is 0 Å². The predicted octanol–water partition coefficient (Wildman–Crippen LogP) is 3.33. The van der Waals surface area contributed by atoms with Crippen LogP contribution in [0, 0.1) is 0 Å². The zero-order chi connectivity index (χ0) is 15.6. The van der Waals surface area contributed by atoms with Gasteiger partial charge in [-0.1, -0.05) is 24.3 Å². The van der Waals surface area contributed by atoms with Gasteiger partial charge in [-0.25, -0.2) is 0 Å². The highest BCUT2D eigenvalue weighted by Gasteiger charge is 2.00. The molecule has 0 unspecified atom stereocenters. The molecular formula is C18H16O4. The minimum absolute atomic E-state index is 0.337. The van der Waals surface area contributed by atoms with Crippen molar-refractivity contribution in [3.63, 3.8) is 0 Å². The lowest BCUT2D eigenvalue weighted by atomic mass is 10.2. The van der Waals surface area contributed by atoms with Crippen LogP contribution in [-0.4, -0.2) is 25.8 Å². The van der Waals surface area contributed by atoms with E-state index < -0.39 is 0 Å². The van der Waals surface area contributed by atoms with E-state index in [2.05, 4.69) is 0 Å². The first-order valence-electron chi connectivity index (χ1n) is 6.84. The van der Waals surface area contributed by atoms with Gasteiger partial charge in [-0.15, -0.1) is 0 Å². The van der Waals surface area contributed by atoms with Crippen molar-refractivity contribution in [2.45, 2.75) is 0 Å². The monoisotopic (exact) mass is 296 g/mol. The van der Waals surface area contributed by atoms with Crippen molar-refractivity contribution >= 4 is 12.6 Å². The SMILES string of the molecule is O=Cc1ccccc1OCC=CCOc1ccccc1C=O. The quantitative estimate of drug-likeness (QED) is 0.554. The molecule has 4 heteroatoms. The van der Waals surface area contributed by atoms with Crippen molar-refractivity contribution in [3.05, 3.63) is 71.8 Å². The molecule has 4 nitrogen and oxygen atoms in total.